The first-order valence-corrected chi connectivity index (χ1v) is 2.51. The van der Waals surface area contributed by atoms with Crippen LogP contribution in [0.25, 0.3) is 0 Å². The molecule has 0 aromatic carbocycles. The molecule has 2 radical (unpaired) electrons. The zero-order valence-corrected chi connectivity index (χ0v) is 3.65. The Kier molecular flexibility index (Phi) is 2.61. The first-order chi connectivity index (χ1) is 1.91. The molecule has 0 aromatic rings. The number of nitriles is 1. The molecule has 0 atom stereocenters. The Balaban J connectivity index is 2.43. The molecule has 3 heteroatoms. The zero-order valence-electron chi connectivity index (χ0n) is 2.23. The van der Waals surface area contributed by atoms with Crippen LogP contribution in [0.5, 0.6) is 0 Å². The Morgan fingerprint density at radius 3 is 2.25 bits per heavy atom. The molecule has 0 aliphatic heterocycles. The van der Waals surface area contributed by atoms with Crippen LogP contribution in [0.3, 0.4) is 0 Å². The van der Waals surface area contributed by atoms with Gasteiger partial charge in [-0.25, -0.2) is 5.26 Å². The predicted molar refractivity (Wildman–Crippen MR) is 19.9 cm³/mol. The third-order valence-corrected chi connectivity index (χ3v) is 0.274. The molecule has 0 N–H and O–H groups in total. The quantitative estimate of drug-likeness (QED) is 0.324. The fourth-order valence-corrected chi connectivity index (χ4v) is 0. The van der Waals surface area contributed by atoms with Crippen molar-refractivity contribution in [3.8, 4) is 5.69 Å². The van der Waals surface area contributed by atoms with Crippen molar-refractivity contribution in [2.24, 2.45) is 0 Å². The van der Waals surface area contributed by atoms with Crippen molar-refractivity contribution in [1.29, 1.82) is 5.26 Å². The standard InChI is InChI=1S/CH2BNSi/c2-4-1-3/h4H2. The molecule has 4 heavy (non-hydrogen) atoms. The minimum Gasteiger partial charge on any atom is -0.208 e. The molecule has 1 nitrogen and oxygen atoms in total. The van der Waals surface area contributed by atoms with Crippen LogP contribution in [0, 0.1) is 11.0 Å². The van der Waals surface area contributed by atoms with Gasteiger partial charge >= 0.3 is 0 Å². The van der Waals surface area contributed by atoms with E-state index in [2.05, 4.69) is 0 Å². The van der Waals surface area contributed by atoms with Crippen LogP contribution >= 0.6 is 0 Å². The highest BCUT2D eigenvalue weighted by Crippen LogP contribution is 1.25. The second-order valence-corrected chi connectivity index (χ2v) is 1.09. The number of hydrogen-bond donors (Lipinski definition) is 0. The lowest BCUT2D eigenvalue weighted by Crippen LogP contribution is -1.75. The maximum absolute atomic E-state index is 7.56. The van der Waals surface area contributed by atoms with Gasteiger partial charge in [-0.3, -0.25) is 0 Å². The Morgan fingerprint density at radius 2 is 2.25 bits per heavy atom. The van der Waals surface area contributed by atoms with Crippen molar-refractivity contribution >= 4 is 16.8 Å². The molecule has 0 aromatic heterocycles. The molecule has 0 aliphatic carbocycles. The lowest BCUT2D eigenvalue weighted by atomic mass is 10.8. The molecule has 0 fully saturated rings. The molecule has 0 aliphatic rings. The van der Waals surface area contributed by atoms with Gasteiger partial charge in [-0.05, 0) is 0 Å². The minimum absolute atomic E-state index is 0.770. The van der Waals surface area contributed by atoms with Crippen molar-refractivity contribution in [3.63, 3.8) is 0 Å². The summed E-state index contributed by atoms with van der Waals surface area (Å²) < 4.78 is 0. The lowest BCUT2D eigenvalue weighted by molar-refractivity contribution is 1.56. The molecule has 0 saturated heterocycles. The van der Waals surface area contributed by atoms with Gasteiger partial charge in [0.25, 0.3) is 0 Å². The first-order valence-electron chi connectivity index (χ1n) is 0.985. The SMILES string of the molecule is [B][SiH2]C#N. The van der Waals surface area contributed by atoms with Gasteiger partial charge in [0.05, 0.1) is 16.8 Å². The Morgan fingerprint density at radius 1 is 2.00 bits per heavy atom. The fourth-order valence-electron chi connectivity index (χ4n) is 0. The van der Waals surface area contributed by atoms with E-state index >= 15 is 0 Å². The summed E-state index contributed by atoms with van der Waals surface area (Å²) >= 11 is 0. The maximum Gasteiger partial charge on any atom is 0.0957 e. The summed E-state index contributed by atoms with van der Waals surface area (Å²) in [7, 11) is 4.04. The third-order valence-electron chi connectivity index (χ3n) is 0.0913. The molecule has 0 bridgehead atoms. The second-order valence-electron chi connectivity index (χ2n) is 0.362. The van der Waals surface area contributed by atoms with E-state index in [0.29, 0.717) is 0 Å². The van der Waals surface area contributed by atoms with Crippen LogP contribution in [-0.2, 0) is 0 Å². The van der Waals surface area contributed by atoms with E-state index in [9.17, 15) is 0 Å². The number of hydrogen-bond acceptors (Lipinski definition) is 1. The Bertz CT molecular complexity index is 37.8. The molecular formula is CH2BNSi. The van der Waals surface area contributed by atoms with Gasteiger partial charge in [0.1, 0.15) is 0 Å². The smallest absolute Gasteiger partial charge is 0.0957 e. The van der Waals surface area contributed by atoms with Crippen LogP contribution in [0.2, 0.25) is 0 Å². The maximum atomic E-state index is 7.56. The average molecular weight is 66.9 g/mol. The lowest BCUT2D eigenvalue weighted by Gasteiger charge is -1.43. The molecule has 0 spiro atoms. The molecule has 0 amide bonds. The number of rotatable bonds is 0. The molecule has 0 unspecified atom stereocenters. The van der Waals surface area contributed by atoms with Crippen LogP contribution in [-0.4, -0.2) is 16.8 Å². The highest BCUT2D eigenvalue weighted by molar-refractivity contribution is 6.94. The third kappa shape index (κ3) is 1.77. The van der Waals surface area contributed by atoms with Crippen LogP contribution in [0.15, 0.2) is 0 Å². The van der Waals surface area contributed by atoms with Crippen molar-refractivity contribution in [1.82, 2.24) is 0 Å². The van der Waals surface area contributed by atoms with Crippen molar-refractivity contribution in [2.75, 3.05) is 0 Å². The van der Waals surface area contributed by atoms with Gasteiger partial charge in [-0.1, -0.05) is 0 Å². The van der Waals surface area contributed by atoms with E-state index in [1.54, 1.807) is 0 Å². The molecule has 18 valence electrons. The van der Waals surface area contributed by atoms with Gasteiger partial charge in [0.15, 0.2) is 0 Å². The summed E-state index contributed by atoms with van der Waals surface area (Å²) in [6.07, 6.45) is 0. The van der Waals surface area contributed by atoms with E-state index < -0.39 is 9.39 Å². The van der Waals surface area contributed by atoms with Gasteiger partial charge in [-0.15, -0.1) is 0 Å². The predicted octanol–water partition coefficient (Wildman–Crippen LogP) is -1.28. The van der Waals surface area contributed by atoms with Crippen molar-refractivity contribution in [3.05, 3.63) is 0 Å². The van der Waals surface area contributed by atoms with E-state index in [1.807, 2.05) is 5.69 Å². The number of nitrogens with zero attached hydrogens (tertiary/aromatic N) is 1. The van der Waals surface area contributed by atoms with E-state index in [1.165, 1.54) is 0 Å². The van der Waals surface area contributed by atoms with Crippen molar-refractivity contribution < 1.29 is 0 Å². The largest absolute Gasteiger partial charge is 0.208 e. The molecule has 0 heterocycles. The van der Waals surface area contributed by atoms with Crippen molar-refractivity contribution in [2.45, 2.75) is 0 Å². The van der Waals surface area contributed by atoms with Gasteiger partial charge in [-0.2, -0.15) is 0 Å². The summed E-state index contributed by atoms with van der Waals surface area (Å²) in [4.78, 5) is 0. The Hall–Kier alpha value is -0.228. The summed E-state index contributed by atoms with van der Waals surface area (Å²) in [5.41, 5.74) is 1.85. The fraction of sp³-hybridized carbons (Fsp3) is 0. The van der Waals surface area contributed by atoms with Gasteiger partial charge in [0.2, 0.25) is 0 Å². The van der Waals surface area contributed by atoms with E-state index in [4.69, 9.17) is 12.7 Å². The van der Waals surface area contributed by atoms with E-state index in [-0.39, 0.29) is 0 Å². The minimum atomic E-state index is -0.770. The molecular weight excluding hydrogens is 64.9 g/mol. The summed E-state index contributed by atoms with van der Waals surface area (Å²) in [5, 5.41) is 7.56. The Labute approximate surface area is 28.8 Å². The normalized spacial score (nSPS) is 7.75. The van der Waals surface area contributed by atoms with Gasteiger partial charge in [0, 0.05) is 5.69 Å². The first kappa shape index (κ1) is 3.77. The average Bonchev–Trinajstić information content (AvgIpc) is 1.37. The highest BCUT2D eigenvalue weighted by atomic mass is 28.2. The monoisotopic (exact) mass is 67.0 g/mol. The summed E-state index contributed by atoms with van der Waals surface area (Å²) in [6, 6.07) is 0. The molecule has 0 rings (SSSR count). The highest BCUT2D eigenvalue weighted by Gasteiger charge is 1.53. The van der Waals surface area contributed by atoms with E-state index in [0.717, 1.165) is 0 Å². The zero-order chi connectivity index (χ0) is 3.41. The molecule has 0 saturated carbocycles. The topological polar surface area (TPSA) is 23.8 Å². The van der Waals surface area contributed by atoms with Crippen LogP contribution in [0.4, 0.5) is 0 Å². The summed E-state index contributed by atoms with van der Waals surface area (Å²) in [5.74, 6) is 0. The van der Waals surface area contributed by atoms with Gasteiger partial charge < -0.3 is 0 Å². The van der Waals surface area contributed by atoms with Crippen LogP contribution in [0.1, 0.15) is 0 Å². The second kappa shape index (κ2) is 2.77. The summed E-state index contributed by atoms with van der Waals surface area (Å²) in [6.45, 7) is 0. The van der Waals surface area contributed by atoms with Crippen LogP contribution < -0.4 is 0 Å².